The Morgan fingerprint density at radius 1 is 1.24 bits per heavy atom. The monoisotopic (exact) mass is 267 g/mol. The fourth-order valence-corrected chi connectivity index (χ4v) is 3.43. The lowest BCUT2D eigenvalue weighted by Crippen LogP contribution is -2.03. The van der Waals surface area contributed by atoms with E-state index in [0.29, 0.717) is 6.54 Å². The molecule has 0 saturated heterocycles. The standard InChI is InChI=1S/C12H13NO2S2/c1-15-9-2-4-10(5-3-9)16-12-7-6-11(17-12)8-13-14/h2-7,13-14H,8H2,1H3. The maximum Gasteiger partial charge on any atom is 0.118 e. The van der Waals surface area contributed by atoms with Gasteiger partial charge in [-0.15, -0.1) is 11.3 Å². The molecule has 90 valence electrons. The summed E-state index contributed by atoms with van der Waals surface area (Å²) < 4.78 is 6.32. The van der Waals surface area contributed by atoms with Gasteiger partial charge in [0.15, 0.2) is 0 Å². The summed E-state index contributed by atoms with van der Waals surface area (Å²) >= 11 is 3.38. The van der Waals surface area contributed by atoms with Crippen molar-refractivity contribution in [3.8, 4) is 5.75 Å². The van der Waals surface area contributed by atoms with Gasteiger partial charge in [-0.25, -0.2) is 5.48 Å². The number of benzene rings is 1. The molecule has 0 bridgehead atoms. The summed E-state index contributed by atoms with van der Waals surface area (Å²) in [7, 11) is 1.66. The van der Waals surface area contributed by atoms with E-state index in [1.807, 2.05) is 30.3 Å². The van der Waals surface area contributed by atoms with Crippen LogP contribution in [0.4, 0.5) is 0 Å². The molecule has 2 rings (SSSR count). The van der Waals surface area contributed by atoms with Gasteiger partial charge in [0.05, 0.1) is 17.9 Å². The van der Waals surface area contributed by atoms with Crippen LogP contribution in [0.3, 0.4) is 0 Å². The molecule has 0 saturated carbocycles. The molecule has 1 heterocycles. The molecule has 2 N–H and O–H groups in total. The fourth-order valence-electron chi connectivity index (χ4n) is 1.35. The van der Waals surface area contributed by atoms with E-state index in [-0.39, 0.29) is 0 Å². The fraction of sp³-hybridized carbons (Fsp3) is 0.167. The maximum absolute atomic E-state index is 8.61. The Kier molecular flexibility index (Phi) is 4.44. The third-order valence-corrected chi connectivity index (χ3v) is 4.39. The summed E-state index contributed by atoms with van der Waals surface area (Å²) in [4.78, 5) is 2.29. The minimum Gasteiger partial charge on any atom is -0.497 e. The second kappa shape index (κ2) is 6.07. The van der Waals surface area contributed by atoms with E-state index < -0.39 is 0 Å². The summed E-state index contributed by atoms with van der Waals surface area (Å²) in [5, 5.41) is 8.61. The van der Waals surface area contributed by atoms with Gasteiger partial charge in [0.1, 0.15) is 5.75 Å². The number of thiophene rings is 1. The van der Waals surface area contributed by atoms with E-state index in [2.05, 4.69) is 11.5 Å². The quantitative estimate of drug-likeness (QED) is 0.815. The molecule has 0 aliphatic heterocycles. The first-order valence-electron chi connectivity index (χ1n) is 5.09. The lowest BCUT2D eigenvalue weighted by atomic mass is 10.3. The van der Waals surface area contributed by atoms with Gasteiger partial charge in [-0.3, -0.25) is 0 Å². The highest BCUT2D eigenvalue weighted by Gasteiger charge is 2.02. The first-order valence-corrected chi connectivity index (χ1v) is 6.72. The predicted octanol–water partition coefficient (Wildman–Crippen LogP) is 3.39. The van der Waals surface area contributed by atoms with Crippen LogP contribution in [0.5, 0.6) is 5.75 Å². The molecule has 2 aromatic rings. The molecular formula is C12H13NO2S2. The molecule has 1 aromatic carbocycles. The molecule has 0 radical (unpaired) electrons. The molecule has 0 unspecified atom stereocenters. The zero-order chi connectivity index (χ0) is 12.1. The Hall–Kier alpha value is -1.01. The Morgan fingerprint density at radius 2 is 2.00 bits per heavy atom. The van der Waals surface area contributed by atoms with Crippen LogP contribution < -0.4 is 10.2 Å². The lowest BCUT2D eigenvalue weighted by molar-refractivity contribution is 0.162. The maximum atomic E-state index is 8.61. The van der Waals surface area contributed by atoms with Crippen LogP contribution in [0.1, 0.15) is 4.88 Å². The smallest absolute Gasteiger partial charge is 0.118 e. The third-order valence-electron chi connectivity index (χ3n) is 2.17. The van der Waals surface area contributed by atoms with Gasteiger partial charge in [-0.1, -0.05) is 11.8 Å². The molecule has 0 aliphatic carbocycles. The van der Waals surface area contributed by atoms with Crippen molar-refractivity contribution in [1.82, 2.24) is 5.48 Å². The van der Waals surface area contributed by atoms with E-state index in [4.69, 9.17) is 9.94 Å². The van der Waals surface area contributed by atoms with Crippen molar-refractivity contribution < 1.29 is 9.94 Å². The number of hydrogen-bond acceptors (Lipinski definition) is 5. The Labute approximate surface area is 108 Å². The largest absolute Gasteiger partial charge is 0.497 e. The van der Waals surface area contributed by atoms with Gasteiger partial charge >= 0.3 is 0 Å². The molecule has 0 aliphatic rings. The van der Waals surface area contributed by atoms with Gasteiger partial charge in [0, 0.05) is 9.77 Å². The molecule has 1 aromatic heterocycles. The number of nitrogens with one attached hydrogen (secondary N) is 1. The summed E-state index contributed by atoms with van der Waals surface area (Å²) in [5.74, 6) is 0.866. The summed E-state index contributed by atoms with van der Waals surface area (Å²) in [6, 6.07) is 12.0. The van der Waals surface area contributed by atoms with Crippen LogP contribution in [0, 0.1) is 0 Å². The average molecular weight is 267 g/mol. The van der Waals surface area contributed by atoms with Crippen LogP contribution in [-0.4, -0.2) is 12.3 Å². The summed E-state index contributed by atoms with van der Waals surface area (Å²) in [6.45, 7) is 0.494. The number of hydrogen-bond donors (Lipinski definition) is 2. The SMILES string of the molecule is COc1ccc(Sc2ccc(CNO)s2)cc1. The molecule has 5 heteroatoms. The zero-order valence-electron chi connectivity index (χ0n) is 9.34. The van der Waals surface area contributed by atoms with E-state index in [1.54, 1.807) is 30.2 Å². The Bertz CT molecular complexity index is 468. The van der Waals surface area contributed by atoms with Crippen molar-refractivity contribution >= 4 is 23.1 Å². The Balaban J connectivity index is 2.03. The van der Waals surface area contributed by atoms with E-state index >= 15 is 0 Å². The number of rotatable bonds is 5. The van der Waals surface area contributed by atoms with Gasteiger partial charge in [0.25, 0.3) is 0 Å². The normalized spacial score (nSPS) is 10.5. The highest BCUT2D eigenvalue weighted by atomic mass is 32.2. The molecule has 0 atom stereocenters. The molecule has 17 heavy (non-hydrogen) atoms. The lowest BCUT2D eigenvalue weighted by Gasteiger charge is -2.01. The second-order valence-corrected chi connectivity index (χ2v) is 5.88. The van der Waals surface area contributed by atoms with Gasteiger partial charge in [-0.05, 0) is 36.4 Å². The third kappa shape index (κ3) is 3.47. The van der Waals surface area contributed by atoms with Crippen molar-refractivity contribution in [3.05, 3.63) is 41.3 Å². The van der Waals surface area contributed by atoms with Crippen molar-refractivity contribution in [3.63, 3.8) is 0 Å². The summed E-state index contributed by atoms with van der Waals surface area (Å²) in [5.41, 5.74) is 2.16. The van der Waals surface area contributed by atoms with Gasteiger partial charge < -0.3 is 9.94 Å². The minimum absolute atomic E-state index is 0.494. The van der Waals surface area contributed by atoms with Crippen molar-refractivity contribution in [2.45, 2.75) is 15.6 Å². The van der Waals surface area contributed by atoms with E-state index in [0.717, 1.165) is 10.6 Å². The van der Waals surface area contributed by atoms with Crippen LogP contribution in [0.15, 0.2) is 45.5 Å². The highest BCUT2D eigenvalue weighted by Crippen LogP contribution is 2.34. The second-order valence-electron chi connectivity index (χ2n) is 3.33. The first-order chi connectivity index (χ1) is 8.31. The molecule has 0 spiro atoms. The Morgan fingerprint density at radius 3 is 2.65 bits per heavy atom. The van der Waals surface area contributed by atoms with Crippen LogP contribution in [-0.2, 0) is 6.54 Å². The van der Waals surface area contributed by atoms with Crippen molar-refractivity contribution in [2.24, 2.45) is 0 Å². The minimum atomic E-state index is 0.494. The molecular weight excluding hydrogens is 254 g/mol. The number of ether oxygens (including phenoxy) is 1. The zero-order valence-corrected chi connectivity index (χ0v) is 11.0. The first kappa shape index (κ1) is 12.4. The van der Waals surface area contributed by atoms with E-state index in [9.17, 15) is 0 Å². The number of methoxy groups -OCH3 is 1. The molecule has 3 nitrogen and oxygen atoms in total. The molecule has 0 amide bonds. The van der Waals surface area contributed by atoms with Crippen molar-refractivity contribution in [2.75, 3.05) is 7.11 Å². The van der Waals surface area contributed by atoms with Crippen LogP contribution in [0.25, 0.3) is 0 Å². The van der Waals surface area contributed by atoms with Crippen LogP contribution >= 0.6 is 23.1 Å². The van der Waals surface area contributed by atoms with E-state index in [1.165, 1.54) is 9.10 Å². The summed E-state index contributed by atoms with van der Waals surface area (Å²) in [6.07, 6.45) is 0. The van der Waals surface area contributed by atoms with Crippen LogP contribution in [0.2, 0.25) is 0 Å². The van der Waals surface area contributed by atoms with Gasteiger partial charge in [0.2, 0.25) is 0 Å². The predicted molar refractivity (Wildman–Crippen MR) is 70.1 cm³/mol. The number of hydroxylamine groups is 1. The van der Waals surface area contributed by atoms with Gasteiger partial charge in [-0.2, -0.15) is 0 Å². The topological polar surface area (TPSA) is 41.5 Å². The average Bonchev–Trinajstić information content (AvgIpc) is 2.78. The van der Waals surface area contributed by atoms with Crippen molar-refractivity contribution in [1.29, 1.82) is 0 Å². The highest BCUT2D eigenvalue weighted by molar-refractivity contribution is 8.01. The molecule has 0 fully saturated rings.